The van der Waals surface area contributed by atoms with E-state index in [1.54, 1.807) is 6.33 Å². The Morgan fingerprint density at radius 1 is 1.37 bits per heavy atom. The molecule has 1 aliphatic carbocycles. The molecule has 1 unspecified atom stereocenters. The van der Waals surface area contributed by atoms with Crippen LogP contribution in [0.4, 0.5) is 0 Å². The fourth-order valence-corrected chi connectivity index (χ4v) is 3.02. The summed E-state index contributed by atoms with van der Waals surface area (Å²) >= 11 is 0. The molecule has 1 aliphatic heterocycles. The molecule has 2 heterocycles. The lowest BCUT2D eigenvalue weighted by Gasteiger charge is -2.15. The minimum absolute atomic E-state index is 0.385. The van der Waals surface area contributed by atoms with Gasteiger partial charge < -0.3 is 10.2 Å². The summed E-state index contributed by atoms with van der Waals surface area (Å²) in [5.74, 6) is 1.86. The topological polar surface area (TPSA) is 46.0 Å². The molecule has 0 amide bonds. The number of nitrogens with one attached hydrogen (secondary N) is 1. The van der Waals surface area contributed by atoms with Gasteiger partial charge in [0.15, 0.2) is 0 Å². The van der Waals surface area contributed by atoms with Gasteiger partial charge in [0, 0.05) is 18.6 Å². The van der Waals surface area contributed by atoms with Crippen LogP contribution in [0.25, 0.3) is 0 Å². The Morgan fingerprint density at radius 2 is 2.21 bits per heavy atom. The zero-order valence-corrected chi connectivity index (χ0v) is 12.0. The summed E-state index contributed by atoms with van der Waals surface area (Å²) in [5.41, 5.74) is 0. The highest BCUT2D eigenvalue weighted by Gasteiger charge is 2.33. The first-order valence-corrected chi connectivity index (χ1v) is 7.57. The molecule has 5 nitrogen and oxygen atoms in total. The summed E-state index contributed by atoms with van der Waals surface area (Å²) in [7, 11) is 0. The van der Waals surface area contributed by atoms with E-state index in [2.05, 4.69) is 34.1 Å². The lowest BCUT2D eigenvalue weighted by Crippen LogP contribution is -2.28. The van der Waals surface area contributed by atoms with Crippen molar-refractivity contribution in [2.75, 3.05) is 19.6 Å². The van der Waals surface area contributed by atoms with Crippen molar-refractivity contribution in [2.24, 2.45) is 5.92 Å². The first kappa shape index (κ1) is 13.1. The van der Waals surface area contributed by atoms with Crippen LogP contribution < -0.4 is 5.32 Å². The van der Waals surface area contributed by atoms with E-state index in [4.69, 9.17) is 0 Å². The Morgan fingerprint density at radius 3 is 2.95 bits per heavy atom. The predicted octanol–water partition coefficient (Wildman–Crippen LogP) is 1.43. The Bertz CT molecular complexity index is 410. The van der Waals surface area contributed by atoms with Gasteiger partial charge in [-0.25, -0.2) is 9.67 Å². The van der Waals surface area contributed by atoms with E-state index in [1.165, 1.54) is 32.4 Å². The summed E-state index contributed by atoms with van der Waals surface area (Å²) < 4.78 is 2.00. The van der Waals surface area contributed by atoms with Gasteiger partial charge in [-0.15, -0.1) is 0 Å². The molecule has 2 fully saturated rings. The first-order valence-electron chi connectivity index (χ1n) is 7.57. The van der Waals surface area contributed by atoms with Crippen LogP contribution >= 0.6 is 0 Å². The van der Waals surface area contributed by atoms with Crippen molar-refractivity contribution in [3.8, 4) is 0 Å². The molecule has 0 radical (unpaired) electrons. The highest BCUT2D eigenvalue weighted by atomic mass is 15.4. The van der Waals surface area contributed by atoms with Gasteiger partial charge in [-0.05, 0) is 52.1 Å². The molecule has 1 aromatic heterocycles. The molecule has 1 saturated heterocycles. The third-order valence-electron chi connectivity index (χ3n) is 4.23. The number of likely N-dealkylation sites (tertiary alicyclic amines) is 1. The normalized spacial score (nSPS) is 24.5. The Kier molecular flexibility index (Phi) is 3.84. The van der Waals surface area contributed by atoms with Gasteiger partial charge in [-0.3, -0.25) is 0 Å². The molecule has 106 valence electrons. The zero-order chi connectivity index (χ0) is 13.2. The minimum Gasteiger partial charge on any atom is -0.310 e. The van der Waals surface area contributed by atoms with Gasteiger partial charge in [0.25, 0.3) is 0 Å². The van der Waals surface area contributed by atoms with Crippen LogP contribution in [0.5, 0.6) is 0 Å². The van der Waals surface area contributed by atoms with Gasteiger partial charge in [0.05, 0.1) is 6.54 Å². The predicted molar refractivity (Wildman–Crippen MR) is 74.8 cm³/mol. The lowest BCUT2D eigenvalue weighted by molar-refractivity contribution is 0.311. The Hall–Kier alpha value is -0.940. The maximum atomic E-state index is 4.33. The fraction of sp³-hybridized carbons (Fsp3) is 0.857. The first-order chi connectivity index (χ1) is 9.24. The van der Waals surface area contributed by atoms with Crippen LogP contribution in [0.2, 0.25) is 0 Å². The van der Waals surface area contributed by atoms with E-state index in [9.17, 15) is 0 Å². The summed E-state index contributed by atoms with van der Waals surface area (Å²) in [4.78, 5) is 7.00. The Balaban J connectivity index is 1.42. The second-order valence-corrected chi connectivity index (χ2v) is 6.23. The zero-order valence-electron chi connectivity index (χ0n) is 12.0. The van der Waals surface area contributed by atoms with Crippen molar-refractivity contribution in [3.05, 3.63) is 12.2 Å². The summed E-state index contributed by atoms with van der Waals surface area (Å²) in [6.07, 6.45) is 5.86. The standard InChI is InChI=1S/C14H25N5/c1-11(2)19-14(16-10-17-19)8-15-7-12-5-6-18(9-12)13-3-4-13/h10-13,15H,3-9H2,1-2H3. The highest BCUT2D eigenvalue weighted by molar-refractivity contribution is 4.91. The maximum Gasteiger partial charge on any atom is 0.141 e. The highest BCUT2D eigenvalue weighted by Crippen LogP contribution is 2.31. The van der Waals surface area contributed by atoms with Crippen LogP contribution in [0, 0.1) is 5.92 Å². The lowest BCUT2D eigenvalue weighted by atomic mass is 10.1. The van der Waals surface area contributed by atoms with Crippen molar-refractivity contribution in [1.82, 2.24) is 25.0 Å². The molecule has 2 aliphatic rings. The van der Waals surface area contributed by atoms with Gasteiger partial charge in [0.2, 0.25) is 0 Å². The maximum absolute atomic E-state index is 4.33. The SMILES string of the molecule is CC(C)n1ncnc1CNCC1CCN(C2CC2)C1. The van der Waals surface area contributed by atoms with Crippen molar-refractivity contribution in [2.45, 2.75) is 51.7 Å². The molecule has 1 saturated carbocycles. The number of hydrogen-bond acceptors (Lipinski definition) is 4. The molecular weight excluding hydrogens is 238 g/mol. The number of aromatic nitrogens is 3. The minimum atomic E-state index is 0.385. The van der Waals surface area contributed by atoms with Gasteiger partial charge in [-0.1, -0.05) is 0 Å². The molecule has 1 aromatic rings. The van der Waals surface area contributed by atoms with E-state index in [0.29, 0.717) is 6.04 Å². The van der Waals surface area contributed by atoms with Crippen LogP contribution in [0.3, 0.4) is 0 Å². The third kappa shape index (κ3) is 3.15. The van der Waals surface area contributed by atoms with Crippen molar-refractivity contribution >= 4 is 0 Å². The average molecular weight is 263 g/mol. The molecular formula is C14H25N5. The van der Waals surface area contributed by atoms with Crippen molar-refractivity contribution < 1.29 is 0 Å². The van der Waals surface area contributed by atoms with Crippen LogP contribution in [-0.4, -0.2) is 45.3 Å². The second-order valence-electron chi connectivity index (χ2n) is 6.23. The van der Waals surface area contributed by atoms with E-state index in [-0.39, 0.29) is 0 Å². The summed E-state index contributed by atoms with van der Waals surface area (Å²) in [5, 5.41) is 7.82. The van der Waals surface area contributed by atoms with Gasteiger partial charge >= 0.3 is 0 Å². The molecule has 19 heavy (non-hydrogen) atoms. The average Bonchev–Trinajstić information content (AvgIpc) is 2.95. The molecule has 1 atom stereocenters. The monoisotopic (exact) mass is 263 g/mol. The van der Waals surface area contributed by atoms with Crippen molar-refractivity contribution in [1.29, 1.82) is 0 Å². The number of hydrogen-bond donors (Lipinski definition) is 1. The summed E-state index contributed by atoms with van der Waals surface area (Å²) in [6, 6.07) is 1.31. The van der Waals surface area contributed by atoms with E-state index < -0.39 is 0 Å². The molecule has 0 bridgehead atoms. The number of nitrogens with zero attached hydrogens (tertiary/aromatic N) is 4. The molecule has 5 heteroatoms. The third-order valence-corrected chi connectivity index (χ3v) is 4.23. The van der Waals surface area contributed by atoms with Crippen molar-refractivity contribution in [3.63, 3.8) is 0 Å². The van der Waals surface area contributed by atoms with Crippen LogP contribution in [0.15, 0.2) is 6.33 Å². The smallest absolute Gasteiger partial charge is 0.141 e. The largest absolute Gasteiger partial charge is 0.310 e. The second kappa shape index (κ2) is 5.59. The quantitative estimate of drug-likeness (QED) is 0.843. The molecule has 0 spiro atoms. The van der Waals surface area contributed by atoms with Crippen LogP contribution in [-0.2, 0) is 6.54 Å². The molecule has 3 rings (SSSR count). The van der Waals surface area contributed by atoms with Crippen LogP contribution in [0.1, 0.15) is 45.0 Å². The van der Waals surface area contributed by atoms with E-state index in [0.717, 1.165) is 30.9 Å². The Labute approximate surface area is 115 Å². The fourth-order valence-electron chi connectivity index (χ4n) is 3.02. The van der Waals surface area contributed by atoms with E-state index >= 15 is 0 Å². The molecule has 0 aromatic carbocycles. The molecule has 1 N–H and O–H groups in total. The summed E-state index contributed by atoms with van der Waals surface area (Å²) in [6.45, 7) is 8.81. The van der Waals surface area contributed by atoms with Gasteiger partial charge in [-0.2, -0.15) is 5.10 Å². The van der Waals surface area contributed by atoms with Gasteiger partial charge in [0.1, 0.15) is 12.2 Å². The number of rotatable bonds is 6. The van der Waals surface area contributed by atoms with E-state index in [1.807, 2.05) is 4.68 Å².